The van der Waals surface area contributed by atoms with Crippen molar-refractivity contribution in [1.29, 1.82) is 0 Å². The van der Waals surface area contributed by atoms with E-state index in [1.165, 1.54) is 0 Å². The molecule has 0 radical (unpaired) electrons. The summed E-state index contributed by atoms with van der Waals surface area (Å²) >= 11 is -0.602. The molecule has 1 N–H and O–H groups in total. The minimum atomic E-state index is -0.602. The van der Waals surface area contributed by atoms with Crippen molar-refractivity contribution in [3.05, 3.63) is 0 Å². The molecule has 0 saturated carbocycles. The van der Waals surface area contributed by atoms with Crippen LogP contribution in [0.25, 0.3) is 0 Å². The second-order valence-corrected chi connectivity index (χ2v) is 4.38. The van der Waals surface area contributed by atoms with E-state index in [0.717, 1.165) is 12.3 Å². The van der Waals surface area contributed by atoms with Gasteiger partial charge >= 0.3 is 0 Å². The van der Waals surface area contributed by atoms with Gasteiger partial charge in [0.05, 0.1) is 0 Å². The Bertz CT molecular complexity index is 97.1. The Morgan fingerprint density at radius 2 is 2.33 bits per heavy atom. The molecule has 0 aromatic rings. The molecule has 1 aliphatic rings. The highest BCUT2D eigenvalue weighted by molar-refractivity contribution is 7.92. The molecule has 0 bridgehead atoms. The zero-order chi connectivity index (χ0) is 6.85. The molecule has 0 aromatic heterocycles. The maximum atomic E-state index is 11.1. The van der Waals surface area contributed by atoms with Gasteiger partial charge in [-0.1, -0.05) is 13.8 Å². The summed E-state index contributed by atoms with van der Waals surface area (Å²) in [6.45, 7) is 5.12. The molecule has 0 aromatic carbocycles. The maximum absolute atomic E-state index is 11.1. The van der Waals surface area contributed by atoms with Crippen molar-refractivity contribution in [2.75, 3.05) is 12.3 Å². The van der Waals surface area contributed by atoms with Crippen LogP contribution in [0.2, 0.25) is 0 Å². The lowest BCUT2D eigenvalue weighted by Gasteiger charge is -2.16. The van der Waals surface area contributed by atoms with Crippen molar-refractivity contribution >= 4 is 11.2 Å². The Kier molecular flexibility index (Phi) is 2.38. The van der Waals surface area contributed by atoms with Crippen molar-refractivity contribution < 1.29 is 4.55 Å². The molecule has 2 atom stereocenters. The van der Waals surface area contributed by atoms with E-state index in [2.05, 4.69) is 19.2 Å². The van der Waals surface area contributed by atoms with Gasteiger partial charge in [0.15, 0.2) is 5.37 Å². The summed E-state index contributed by atoms with van der Waals surface area (Å²) in [5, 5.41) is 3.46. The SMILES string of the molecule is CC(C)C1NCC[S+]1[O-]. The van der Waals surface area contributed by atoms with Crippen LogP contribution < -0.4 is 5.32 Å². The van der Waals surface area contributed by atoms with Crippen LogP contribution in [0, 0.1) is 5.92 Å². The Labute approximate surface area is 59.2 Å². The monoisotopic (exact) mass is 147 g/mol. The first-order valence-electron chi connectivity index (χ1n) is 3.32. The molecule has 0 aliphatic carbocycles. The molecule has 9 heavy (non-hydrogen) atoms. The zero-order valence-corrected chi connectivity index (χ0v) is 6.70. The molecule has 54 valence electrons. The first kappa shape index (κ1) is 7.38. The summed E-state index contributed by atoms with van der Waals surface area (Å²) in [5.74, 6) is 1.34. The van der Waals surface area contributed by atoms with Crippen LogP contribution >= 0.6 is 0 Å². The van der Waals surface area contributed by atoms with Crippen molar-refractivity contribution in [1.82, 2.24) is 5.32 Å². The highest BCUT2D eigenvalue weighted by atomic mass is 32.2. The van der Waals surface area contributed by atoms with Gasteiger partial charge in [0.1, 0.15) is 5.75 Å². The zero-order valence-electron chi connectivity index (χ0n) is 5.89. The fourth-order valence-corrected chi connectivity index (χ4v) is 2.54. The second kappa shape index (κ2) is 2.90. The molecule has 2 nitrogen and oxygen atoms in total. The third-order valence-corrected chi connectivity index (χ3v) is 3.42. The van der Waals surface area contributed by atoms with Gasteiger partial charge in [0.25, 0.3) is 0 Å². The number of nitrogens with one attached hydrogen (secondary N) is 1. The Morgan fingerprint density at radius 3 is 2.56 bits per heavy atom. The Balaban J connectivity index is 2.40. The molecule has 0 amide bonds. The Hall–Kier alpha value is 0.270. The lowest BCUT2D eigenvalue weighted by atomic mass is 10.2. The quantitative estimate of drug-likeness (QED) is 0.542. The minimum absolute atomic E-state index is 0.255. The number of hydrogen-bond acceptors (Lipinski definition) is 2. The summed E-state index contributed by atoms with van der Waals surface area (Å²) in [4.78, 5) is 0. The van der Waals surface area contributed by atoms with E-state index in [9.17, 15) is 4.55 Å². The fraction of sp³-hybridized carbons (Fsp3) is 1.00. The van der Waals surface area contributed by atoms with E-state index in [1.54, 1.807) is 0 Å². The molecule has 1 fully saturated rings. The lowest BCUT2D eigenvalue weighted by molar-refractivity contribution is 0.509. The average molecular weight is 147 g/mol. The van der Waals surface area contributed by atoms with E-state index in [1.807, 2.05) is 0 Å². The van der Waals surface area contributed by atoms with Crippen molar-refractivity contribution in [3.8, 4) is 0 Å². The molecule has 2 unspecified atom stereocenters. The molecular weight excluding hydrogens is 134 g/mol. The third-order valence-electron chi connectivity index (χ3n) is 1.54. The summed E-state index contributed by atoms with van der Waals surface area (Å²) in [7, 11) is 0. The van der Waals surface area contributed by atoms with E-state index in [-0.39, 0.29) is 5.37 Å². The van der Waals surface area contributed by atoms with E-state index in [4.69, 9.17) is 0 Å². The third kappa shape index (κ3) is 1.60. The van der Waals surface area contributed by atoms with Crippen LogP contribution in [0.5, 0.6) is 0 Å². The highest BCUT2D eigenvalue weighted by Crippen LogP contribution is 2.14. The van der Waals surface area contributed by atoms with E-state index < -0.39 is 11.2 Å². The Morgan fingerprint density at radius 1 is 1.67 bits per heavy atom. The van der Waals surface area contributed by atoms with Crippen molar-refractivity contribution in [3.63, 3.8) is 0 Å². The van der Waals surface area contributed by atoms with Crippen LogP contribution in [0.1, 0.15) is 13.8 Å². The number of rotatable bonds is 1. The minimum Gasteiger partial charge on any atom is -0.615 e. The number of hydrogen-bond donors (Lipinski definition) is 1. The van der Waals surface area contributed by atoms with Gasteiger partial charge in [-0.05, 0) is 11.2 Å². The largest absolute Gasteiger partial charge is 0.615 e. The van der Waals surface area contributed by atoms with E-state index >= 15 is 0 Å². The predicted octanol–water partition coefficient (Wildman–Crippen LogP) is 0.320. The van der Waals surface area contributed by atoms with Crippen molar-refractivity contribution in [2.45, 2.75) is 19.2 Å². The predicted molar refractivity (Wildman–Crippen MR) is 39.6 cm³/mol. The summed E-state index contributed by atoms with van der Waals surface area (Å²) < 4.78 is 11.1. The molecule has 1 aliphatic heterocycles. The molecule has 1 saturated heterocycles. The fourth-order valence-electron chi connectivity index (χ4n) is 1.06. The van der Waals surface area contributed by atoms with E-state index in [0.29, 0.717) is 5.92 Å². The second-order valence-electron chi connectivity index (χ2n) is 2.70. The summed E-state index contributed by atoms with van der Waals surface area (Å²) in [5.41, 5.74) is 0. The highest BCUT2D eigenvalue weighted by Gasteiger charge is 2.30. The summed E-state index contributed by atoms with van der Waals surface area (Å²) in [6.07, 6.45) is 0. The van der Waals surface area contributed by atoms with Crippen LogP contribution in [0.4, 0.5) is 0 Å². The molecular formula is C6H13NOS. The molecule has 0 spiro atoms. The first-order chi connectivity index (χ1) is 4.22. The van der Waals surface area contributed by atoms with Gasteiger partial charge in [-0.25, -0.2) is 0 Å². The van der Waals surface area contributed by atoms with Gasteiger partial charge in [0.2, 0.25) is 0 Å². The van der Waals surface area contributed by atoms with Gasteiger partial charge in [-0.3, -0.25) is 5.32 Å². The standard InChI is InChI=1S/C6H13NOS/c1-5(2)6-7-3-4-9(6)8/h5-7H,3-4H2,1-2H3. The topological polar surface area (TPSA) is 35.1 Å². The van der Waals surface area contributed by atoms with Crippen molar-refractivity contribution in [2.24, 2.45) is 5.92 Å². The van der Waals surface area contributed by atoms with Gasteiger partial charge in [-0.15, -0.1) is 0 Å². The molecule has 1 heterocycles. The van der Waals surface area contributed by atoms with Crippen LogP contribution in [-0.2, 0) is 11.2 Å². The molecule has 3 heteroatoms. The van der Waals surface area contributed by atoms with Gasteiger partial charge in [-0.2, -0.15) is 0 Å². The van der Waals surface area contributed by atoms with Gasteiger partial charge in [0, 0.05) is 12.5 Å². The van der Waals surface area contributed by atoms with Crippen LogP contribution in [0.3, 0.4) is 0 Å². The average Bonchev–Trinajstić information content (AvgIpc) is 2.13. The lowest BCUT2D eigenvalue weighted by Crippen LogP contribution is -2.32. The molecule has 1 rings (SSSR count). The first-order valence-corrected chi connectivity index (χ1v) is 4.70. The van der Waals surface area contributed by atoms with Gasteiger partial charge < -0.3 is 4.55 Å². The smallest absolute Gasteiger partial charge is 0.169 e. The van der Waals surface area contributed by atoms with Crippen LogP contribution in [-0.4, -0.2) is 22.2 Å². The van der Waals surface area contributed by atoms with Crippen LogP contribution in [0.15, 0.2) is 0 Å². The normalized spacial score (nSPS) is 36.0. The maximum Gasteiger partial charge on any atom is 0.169 e. The summed E-state index contributed by atoms with van der Waals surface area (Å²) in [6, 6.07) is 0.